The standard InChI is InChI=1S/C41H40N2O7/c1-47-40(45)36(42-39(44)35(24-30-14-6-2-7-15-30)43-41(46)50-29-33-20-12-5-13-21-33)25-34-22-23-37(48-27-31-16-8-3-9-17-31)38(26-34)49-28-32-18-10-4-11-19-32/h2-23,26,35-36H,24-25,27-29H2,1H3,(H,42,44)(H,43,46)/t35-,36+/m0/s1. The van der Waals surface area contributed by atoms with Crippen LogP contribution in [0.1, 0.15) is 27.8 Å². The molecule has 2 N–H and O–H groups in total. The maximum atomic E-state index is 13.7. The number of carbonyl (C=O) groups is 3. The molecule has 0 aromatic heterocycles. The summed E-state index contributed by atoms with van der Waals surface area (Å²) in [6, 6.07) is 41.4. The fourth-order valence-electron chi connectivity index (χ4n) is 5.19. The Morgan fingerprint density at radius 3 is 1.54 bits per heavy atom. The van der Waals surface area contributed by atoms with Gasteiger partial charge in [0, 0.05) is 12.8 Å². The third-order valence-corrected chi connectivity index (χ3v) is 7.83. The molecule has 0 radical (unpaired) electrons. The number of esters is 1. The number of methoxy groups -OCH3 is 1. The average molecular weight is 673 g/mol. The summed E-state index contributed by atoms with van der Waals surface area (Å²) < 4.78 is 22.8. The minimum absolute atomic E-state index is 0.0386. The Labute approximate surface area is 292 Å². The van der Waals surface area contributed by atoms with Crippen molar-refractivity contribution in [2.45, 2.75) is 44.7 Å². The van der Waals surface area contributed by atoms with Crippen LogP contribution in [0.25, 0.3) is 0 Å². The summed E-state index contributed by atoms with van der Waals surface area (Å²) in [5.74, 6) is -0.181. The highest BCUT2D eigenvalue weighted by Gasteiger charge is 2.28. The van der Waals surface area contributed by atoms with E-state index in [-0.39, 0.29) is 19.4 Å². The van der Waals surface area contributed by atoms with Crippen molar-refractivity contribution in [2.24, 2.45) is 0 Å². The molecular weight excluding hydrogens is 632 g/mol. The highest BCUT2D eigenvalue weighted by Crippen LogP contribution is 2.31. The van der Waals surface area contributed by atoms with Gasteiger partial charge in [-0.2, -0.15) is 0 Å². The highest BCUT2D eigenvalue weighted by atomic mass is 16.5. The lowest BCUT2D eigenvalue weighted by Gasteiger charge is -2.23. The van der Waals surface area contributed by atoms with Crippen molar-refractivity contribution in [1.29, 1.82) is 0 Å². The number of benzene rings is 5. The minimum Gasteiger partial charge on any atom is -0.485 e. The van der Waals surface area contributed by atoms with E-state index in [2.05, 4.69) is 10.6 Å². The summed E-state index contributed by atoms with van der Waals surface area (Å²) in [6.45, 7) is 0.680. The lowest BCUT2D eigenvalue weighted by atomic mass is 10.0. The van der Waals surface area contributed by atoms with E-state index in [4.69, 9.17) is 18.9 Å². The van der Waals surface area contributed by atoms with Gasteiger partial charge in [0.2, 0.25) is 5.91 Å². The summed E-state index contributed by atoms with van der Waals surface area (Å²) >= 11 is 0. The average Bonchev–Trinajstić information content (AvgIpc) is 3.16. The molecule has 0 saturated heterocycles. The second-order valence-corrected chi connectivity index (χ2v) is 11.6. The molecular formula is C41H40N2O7. The van der Waals surface area contributed by atoms with Crippen LogP contribution >= 0.6 is 0 Å². The quantitative estimate of drug-likeness (QED) is 0.114. The second kappa shape index (κ2) is 18.5. The molecule has 9 heteroatoms. The molecule has 5 aromatic carbocycles. The molecule has 0 aliphatic carbocycles. The minimum atomic E-state index is -1.06. The molecule has 2 atom stereocenters. The molecule has 0 fully saturated rings. The van der Waals surface area contributed by atoms with Crippen LogP contribution in [0.3, 0.4) is 0 Å². The third-order valence-electron chi connectivity index (χ3n) is 7.83. The molecule has 0 aliphatic rings. The number of nitrogens with one attached hydrogen (secondary N) is 2. The van der Waals surface area contributed by atoms with Crippen LogP contribution in [-0.4, -0.2) is 37.2 Å². The molecule has 0 unspecified atom stereocenters. The summed E-state index contributed by atoms with van der Waals surface area (Å²) in [5, 5.41) is 5.47. The van der Waals surface area contributed by atoms with Crippen LogP contribution in [0.15, 0.2) is 140 Å². The lowest BCUT2D eigenvalue weighted by Crippen LogP contribution is -2.53. The monoisotopic (exact) mass is 672 g/mol. The first-order chi connectivity index (χ1) is 24.5. The Kier molecular flexibility index (Phi) is 13.0. The van der Waals surface area contributed by atoms with E-state index < -0.39 is 30.1 Å². The van der Waals surface area contributed by atoms with Crippen molar-refractivity contribution in [3.8, 4) is 11.5 Å². The van der Waals surface area contributed by atoms with Gasteiger partial charge >= 0.3 is 12.1 Å². The third kappa shape index (κ3) is 11.0. The van der Waals surface area contributed by atoms with Gasteiger partial charge in [0.1, 0.15) is 31.9 Å². The van der Waals surface area contributed by atoms with Crippen molar-refractivity contribution >= 4 is 18.0 Å². The zero-order valence-corrected chi connectivity index (χ0v) is 27.8. The Morgan fingerprint density at radius 2 is 1.00 bits per heavy atom. The molecule has 0 aliphatic heterocycles. The Bertz CT molecular complexity index is 1800. The van der Waals surface area contributed by atoms with E-state index in [1.807, 2.05) is 127 Å². The van der Waals surface area contributed by atoms with E-state index in [1.165, 1.54) is 7.11 Å². The van der Waals surface area contributed by atoms with Crippen LogP contribution in [0.4, 0.5) is 4.79 Å². The molecule has 0 saturated carbocycles. The Hall–Kier alpha value is -6.09. The van der Waals surface area contributed by atoms with Crippen LogP contribution in [0.2, 0.25) is 0 Å². The molecule has 5 rings (SSSR count). The highest BCUT2D eigenvalue weighted by molar-refractivity contribution is 5.90. The lowest BCUT2D eigenvalue weighted by molar-refractivity contribution is -0.145. The van der Waals surface area contributed by atoms with Gasteiger partial charge in [-0.3, -0.25) is 4.79 Å². The van der Waals surface area contributed by atoms with Crippen molar-refractivity contribution < 1.29 is 33.3 Å². The molecule has 0 bridgehead atoms. The molecule has 50 heavy (non-hydrogen) atoms. The SMILES string of the molecule is COC(=O)[C@@H](Cc1ccc(OCc2ccccc2)c(OCc2ccccc2)c1)NC(=O)[C@H](Cc1ccccc1)NC(=O)OCc1ccccc1. The van der Waals surface area contributed by atoms with Gasteiger partial charge in [0.15, 0.2) is 11.5 Å². The van der Waals surface area contributed by atoms with Crippen molar-refractivity contribution in [1.82, 2.24) is 10.6 Å². The van der Waals surface area contributed by atoms with Gasteiger partial charge in [0.05, 0.1) is 7.11 Å². The smallest absolute Gasteiger partial charge is 0.408 e. The van der Waals surface area contributed by atoms with Crippen LogP contribution in [-0.2, 0) is 51.7 Å². The molecule has 9 nitrogen and oxygen atoms in total. The zero-order valence-electron chi connectivity index (χ0n) is 27.8. The number of rotatable bonds is 16. The van der Waals surface area contributed by atoms with Crippen molar-refractivity contribution in [2.75, 3.05) is 7.11 Å². The van der Waals surface area contributed by atoms with Gasteiger partial charge < -0.3 is 29.6 Å². The number of carbonyl (C=O) groups excluding carboxylic acids is 3. The molecule has 0 spiro atoms. The summed E-state index contributed by atoms with van der Waals surface area (Å²) in [4.78, 5) is 39.6. The van der Waals surface area contributed by atoms with E-state index in [0.29, 0.717) is 30.3 Å². The number of alkyl carbamates (subject to hydrolysis) is 1. The normalized spacial score (nSPS) is 11.8. The first-order valence-electron chi connectivity index (χ1n) is 16.3. The number of hydrogen-bond donors (Lipinski definition) is 2. The summed E-state index contributed by atoms with van der Waals surface area (Å²) in [5.41, 5.74) is 4.30. The van der Waals surface area contributed by atoms with Gasteiger partial charge in [-0.1, -0.05) is 127 Å². The van der Waals surface area contributed by atoms with E-state index >= 15 is 0 Å². The number of amides is 2. The van der Waals surface area contributed by atoms with Crippen LogP contribution < -0.4 is 20.1 Å². The van der Waals surface area contributed by atoms with Crippen molar-refractivity contribution in [3.05, 3.63) is 167 Å². The number of ether oxygens (including phenoxy) is 4. The molecule has 2 amide bonds. The molecule has 0 heterocycles. The topological polar surface area (TPSA) is 112 Å². The Balaban J connectivity index is 1.32. The molecule has 5 aromatic rings. The van der Waals surface area contributed by atoms with Crippen LogP contribution in [0, 0.1) is 0 Å². The predicted molar refractivity (Wildman–Crippen MR) is 189 cm³/mol. The zero-order chi connectivity index (χ0) is 35.0. The van der Waals surface area contributed by atoms with Crippen LogP contribution in [0.5, 0.6) is 11.5 Å². The largest absolute Gasteiger partial charge is 0.485 e. The first kappa shape index (κ1) is 35.2. The van der Waals surface area contributed by atoms with Crippen molar-refractivity contribution in [3.63, 3.8) is 0 Å². The van der Waals surface area contributed by atoms with Gasteiger partial charge in [-0.15, -0.1) is 0 Å². The number of hydrogen-bond acceptors (Lipinski definition) is 7. The molecule has 256 valence electrons. The van der Waals surface area contributed by atoms with Gasteiger partial charge in [-0.05, 0) is 39.9 Å². The second-order valence-electron chi connectivity index (χ2n) is 11.6. The fourth-order valence-corrected chi connectivity index (χ4v) is 5.19. The predicted octanol–water partition coefficient (Wildman–Crippen LogP) is 6.58. The fraction of sp³-hybridized carbons (Fsp3) is 0.195. The van der Waals surface area contributed by atoms with E-state index in [1.54, 1.807) is 12.1 Å². The Morgan fingerprint density at radius 1 is 0.520 bits per heavy atom. The summed E-state index contributed by atoms with van der Waals surface area (Å²) in [6.07, 6.45) is -0.493. The maximum Gasteiger partial charge on any atom is 0.408 e. The van der Waals surface area contributed by atoms with E-state index in [0.717, 1.165) is 22.3 Å². The van der Waals surface area contributed by atoms with Gasteiger partial charge in [-0.25, -0.2) is 9.59 Å². The first-order valence-corrected chi connectivity index (χ1v) is 16.3. The summed E-state index contributed by atoms with van der Waals surface area (Å²) in [7, 11) is 1.26. The van der Waals surface area contributed by atoms with E-state index in [9.17, 15) is 14.4 Å². The van der Waals surface area contributed by atoms with Gasteiger partial charge in [0.25, 0.3) is 0 Å². The maximum absolute atomic E-state index is 13.7.